The molecule has 0 radical (unpaired) electrons. The first kappa shape index (κ1) is 14.2. The SMILES string of the molecule is CN(C)C(=O)NCCNc1ncnc(Cl)c1C=O. The molecule has 0 fully saturated rings. The lowest BCUT2D eigenvalue weighted by molar-refractivity contribution is 0.112. The number of amides is 2. The topological polar surface area (TPSA) is 87.2 Å². The van der Waals surface area contributed by atoms with Crippen LogP contribution in [0, 0.1) is 0 Å². The number of aldehydes is 1. The van der Waals surface area contributed by atoms with Crippen LogP contribution in [0.1, 0.15) is 10.4 Å². The van der Waals surface area contributed by atoms with Crippen LogP contribution in [0.3, 0.4) is 0 Å². The van der Waals surface area contributed by atoms with Gasteiger partial charge in [-0.2, -0.15) is 0 Å². The summed E-state index contributed by atoms with van der Waals surface area (Å²) in [5, 5.41) is 5.66. The van der Waals surface area contributed by atoms with Crippen molar-refractivity contribution in [3.05, 3.63) is 17.0 Å². The standard InChI is InChI=1S/C10H14ClN5O2/c1-16(2)10(18)13-4-3-12-9-7(5-17)8(11)14-6-15-9/h5-6H,3-4H2,1-2H3,(H,13,18)(H,12,14,15). The minimum atomic E-state index is -0.187. The van der Waals surface area contributed by atoms with E-state index in [1.807, 2.05) is 0 Å². The highest BCUT2D eigenvalue weighted by atomic mass is 35.5. The summed E-state index contributed by atoms with van der Waals surface area (Å²) in [5.74, 6) is 0.351. The van der Waals surface area contributed by atoms with Gasteiger partial charge in [0.15, 0.2) is 6.29 Å². The number of nitrogens with zero attached hydrogens (tertiary/aromatic N) is 3. The average molecular weight is 272 g/mol. The molecule has 0 aliphatic carbocycles. The van der Waals surface area contributed by atoms with Crippen LogP contribution in [-0.2, 0) is 0 Å². The lowest BCUT2D eigenvalue weighted by Crippen LogP contribution is -2.37. The van der Waals surface area contributed by atoms with Gasteiger partial charge in [0.25, 0.3) is 0 Å². The fourth-order valence-corrected chi connectivity index (χ4v) is 1.31. The van der Waals surface area contributed by atoms with Crippen molar-refractivity contribution in [2.45, 2.75) is 0 Å². The van der Waals surface area contributed by atoms with Crippen LogP contribution in [0.4, 0.5) is 10.6 Å². The van der Waals surface area contributed by atoms with Gasteiger partial charge in [-0.3, -0.25) is 4.79 Å². The lowest BCUT2D eigenvalue weighted by Gasteiger charge is -2.12. The molecule has 18 heavy (non-hydrogen) atoms. The molecule has 0 aliphatic rings. The van der Waals surface area contributed by atoms with Crippen molar-refractivity contribution >= 4 is 29.7 Å². The minimum absolute atomic E-state index is 0.0971. The number of nitrogens with one attached hydrogen (secondary N) is 2. The number of anilines is 1. The zero-order valence-corrected chi connectivity index (χ0v) is 10.9. The second-order valence-electron chi connectivity index (χ2n) is 3.60. The molecule has 0 spiro atoms. The van der Waals surface area contributed by atoms with Gasteiger partial charge >= 0.3 is 6.03 Å². The van der Waals surface area contributed by atoms with Crippen molar-refractivity contribution in [1.29, 1.82) is 0 Å². The maximum atomic E-state index is 11.2. The number of carbonyl (C=O) groups excluding carboxylic acids is 2. The van der Waals surface area contributed by atoms with Crippen LogP contribution < -0.4 is 10.6 Å². The summed E-state index contributed by atoms with van der Waals surface area (Å²) >= 11 is 5.74. The van der Waals surface area contributed by atoms with Crippen LogP contribution in [0.15, 0.2) is 6.33 Å². The van der Waals surface area contributed by atoms with Gasteiger partial charge < -0.3 is 15.5 Å². The summed E-state index contributed by atoms with van der Waals surface area (Å²) < 4.78 is 0. The monoisotopic (exact) mass is 271 g/mol. The number of carbonyl (C=O) groups is 2. The Labute approximate surface area is 110 Å². The van der Waals surface area contributed by atoms with Crippen LogP contribution >= 0.6 is 11.6 Å². The Hall–Kier alpha value is -1.89. The number of hydrogen-bond donors (Lipinski definition) is 2. The van der Waals surface area contributed by atoms with Gasteiger partial charge in [0.05, 0.1) is 5.56 Å². The first-order valence-electron chi connectivity index (χ1n) is 5.21. The van der Waals surface area contributed by atoms with E-state index in [1.165, 1.54) is 11.2 Å². The maximum Gasteiger partial charge on any atom is 0.316 e. The van der Waals surface area contributed by atoms with Crippen LogP contribution in [0.5, 0.6) is 0 Å². The van der Waals surface area contributed by atoms with E-state index in [0.29, 0.717) is 25.2 Å². The molecule has 8 heteroatoms. The van der Waals surface area contributed by atoms with E-state index in [4.69, 9.17) is 11.6 Å². The molecule has 1 heterocycles. The summed E-state index contributed by atoms with van der Waals surface area (Å²) in [6.07, 6.45) is 1.85. The Morgan fingerprint density at radius 3 is 2.78 bits per heavy atom. The number of hydrogen-bond acceptors (Lipinski definition) is 5. The minimum Gasteiger partial charge on any atom is -0.368 e. The van der Waals surface area contributed by atoms with Gasteiger partial charge in [0.2, 0.25) is 0 Å². The molecule has 7 nitrogen and oxygen atoms in total. The van der Waals surface area contributed by atoms with Crippen molar-refractivity contribution in [2.75, 3.05) is 32.5 Å². The van der Waals surface area contributed by atoms with Crippen LogP contribution in [-0.4, -0.2) is 54.4 Å². The first-order valence-corrected chi connectivity index (χ1v) is 5.58. The molecule has 0 aromatic carbocycles. The normalized spacial score (nSPS) is 9.72. The van der Waals surface area contributed by atoms with Crippen molar-refractivity contribution < 1.29 is 9.59 Å². The quantitative estimate of drug-likeness (QED) is 0.466. The Morgan fingerprint density at radius 2 is 2.17 bits per heavy atom. The predicted molar refractivity (Wildman–Crippen MR) is 68.0 cm³/mol. The number of urea groups is 1. The van der Waals surface area contributed by atoms with Gasteiger partial charge in [-0.05, 0) is 0 Å². The third-order valence-corrected chi connectivity index (χ3v) is 2.35. The van der Waals surface area contributed by atoms with Crippen molar-refractivity contribution in [3.63, 3.8) is 0 Å². The van der Waals surface area contributed by atoms with Gasteiger partial charge in [0, 0.05) is 27.2 Å². The second-order valence-corrected chi connectivity index (χ2v) is 3.96. The van der Waals surface area contributed by atoms with Crippen molar-refractivity contribution in [1.82, 2.24) is 20.2 Å². The Morgan fingerprint density at radius 1 is 1.44 bits per heavy atom. The van der Waals surface area contributed by atoms with E-state index >= 15 is 0 Å². The molecule has 0 unspecified atom stereocenters. The largest absolute Gasteiger partial charge is 0.368 e. The molecule has 0 aliphatic heterocycles. The van der Waals surface area contributed by atoms with Crippen LogP contribution in [0.25, 0.3) is 0 Å². The fourth-order valence-electron chi connectivity index (χ4n) is 1.13. The van der Waals surface area contributed by atoms with Gasteiger partial charge in [-0.15, -0.1) is 0 Å². The van der Waals surface area contributed by atoms with E-state index in [2.05, 4.69) is 20.6 Å². The molecule has 0 bridgehead atoms. The third kappa shape index (κ3) is 3.85. The van der Waals surface area contributed by atoms with Gasteiger partial charge in [0.1, 0.15) is 17.3 Å². The van der Waals surface area contributed by atoms with E-state index in [-0.39, 0.29) is 16.7 Å². The Bertz CT molecular complexity index is 438. The molecular weight excluding hydrogens is 258 g/mol. The molecule has 0 saturated carbocycles. The molecular formula is C10H14ClN5O2. The molecule has 1 rings (SSSR count). The zero-order chi connectivity index (χ0) is 13.5. The summed E-state index contributed by atoms with van der Waals surface area (Å²) in [6.45, 7) is 0.824. The van der Waals surface area contributed by atoms with Crippen molar-refractivity contribution in [3.8, 4) is 0 Å². The smallest absolute Gasteiger partial charge is 0.316 e. The average Bonchev–Trinajstić information content (AvgIpc) is 2.34. The second kappa shape index (κ2) is 6.75. The highest BCUT2D eigenvalue weighted by Gasteiger charge is 2.08. The maximum absolute atomic E-state index is 11.2. The zero-order valence-electron chi connectivity index (χ0n) is 10.1. The first-order chi connectivity index (χ1) is 8.56. The number of aromatic nitrogens is 2. The van der Waals surface area contributed by atoms with Gasteiger partial charge in [-0.1, -0.05) is 11.6 Å². The van der Waals surface area contributed by atoms with Gasteiger partial charge in [-0.25, -0.2) is 14.8 Å². The number of halogens is 1. The van der Waals surface area contributed by atoms with Crippen molar-refractivity contribution in [2.24, 2.45) is 0 Å². The highest BCUT2D eigenvalue weighted by molar-refractivity contribution is 6.32. The summed E-state index contributed by atoms with van der Waals surface area (Å²) in [6, 6.07) is -0.187. The molecule has 1 aromatic rings. The Kier molecular flexibility index (Phi) is 5.31. The van der Waals surface area contributed by atoms with E-state index in [9.17, 15) is 9.59 Å². The summed E-state index contributed by atoms with van der Waals surface area (Å²) in [7, 11) is 3.30. The fraction of sp³-hybridized carbons (Fsp3) is 0.400. The Balaban J connectivity index is 2.47. The van der Waals surface area contributed by atoms with Crippen LogP contribution in [0.2, 0.25) is 5.15 Å². The predicted octanol–water partition coefficient (Wildman–Crippen LogP) is 0.626. The third-order valence-electron chi connectivity index (χ3n) is 2.05. The molecule has 98 valence electrons. The summed E-state index contributed by atoms with van der Waals surface area (Å²) in [4.78, 5) is 31.0. The molecule has 0 saturated heterocycles. The lowest BCUT2D eigenvalue weighted by atomic mass is 10.3. The number of rotatable bonds is 5. The molecule has 1 aromatic heterocycles. The molecule has 2 amide bonds. The molecule has 2 N–H and O–H groups in total. The molecule has 0 atom stereocenters. The highest BCUT2D eigenvalue weighted by Crippen LogP contribution is 2.16. The van der Waals surface area contributed by atoms with E-state index < -0.39 is 0 Å². The van der Waals surface area contributed by atoms with E-state index in [1.54, 1.807) is 14.1 Å². The summed E-state index contributed by atoms with van der Waals surface area (Å²) in [5.41, 5.74) is 0.207. The van der Waals surface area contributed by atoms with E-state index in [0.717, 1.165) is 0 Å².